The van der Waals surface area contributed by atoms with Gasteiger partial charge in [-0.2, -0.15) is 0 Å². The Bertz CT molecular complexity index is 412. The first-order chi connectivity index (χ1) is 8.50. The van der Waals surface area contributed by atoms with E-state index in [1.165, 1.54) is 30.5 Å². The zero-order chi connectivity index (χ0) is 13.3. The van der Waals surface area contributed by atoms with Crippen LogP contribution in [-0.2, 0) is 0 Å². The van der Waals surface area contributed by atoms with E-state index < -0.39 is 0 Å². The average Bonchev–Trinajstić information content (AvgIpc) is 2.77. The molecule has 18 heavy (non-hydrogen) atoms. The molecule has 0 N–H and O–H groups in total. The molecule has 1 aromatic rings. The lowest BCUT2D eigenvalue weighted by molar-refractivity contribution is 0.205. The second-order valence-corrected chi connectivity index (χ2v) is 5.78. The Morgan fingerprint density at radius 2 is 2.11 bits per heavy atom. The third-order valence-electron chi connectivity index (χ3n) is 3.91. The van der Waals surface area contributed by atoms with E-state index in [4.69, 9.17) is 0 Å². The lowest BCUT2D eigenvalue weighted by Crippen LogP contribution is -2.30. The van der Waals surface area contributed by atoms with Crippen molar-refractivity contribution in [1.82, 2.24) is 9.88 Å². The summed E-state index contributed by atoms with van der Waals surface area (Å²) in [6.07, 6.45) is 4.65. The van der Waals surface area contributed by atoms with E-state index in [0.717, 1.165) is 5.82 Å². The number of nitrogens with zero attached hydrogens (tertiary/aromatic N) is 3. The molecule has 0 bridgehead atoms. The molecule has 2 rings (SSSR count). The van der Waals surface area contributed by atoms with Crippen molar-refractivity contribution in [3.8, 4) is 0 Å². The van der Waals surface area contributed by atoms with E-state index >= 15 is 0 Å². The van der Waals surface area contributed by atoms with Crippen LogP contribution in [0.5, 0.6) is 0 Å². The van der Waals surface area contributed by atoms with E-state index in [1.54, 1.807) is 0 Å². The van der Waals surface area contributed by atoms with Crippen LogP contribution in [-0.4, -0.2) is 36.6 Å². The van der Waals surface area contributed by atoms with Gasteiger partial charge in [0.25, 0.3) is 0 Å². The van der Waals surface area contributed by atoms with Gasteiger partial charge in [-0.25, -0.2) is 4.98 Å². The van der Waals surface area contributed by atoms with Gasteiger partial charge in [0.2, 0.25) is 0 Å². The van der Waals surface area contributed by atoms with Crippen LogP contribution in [0, 0.1) is 6.92 Å². The molecule has 0 saturated carbocycles. The minimum Gasteiger partial charge on any atom is -0.363 e. The molecule has 0 amide bonds. The molecule has 1 fully saturated rings. The van der Waals surface area contributed by atoms with E-state index in [0.29, 0.717) is 12.1 Å². The number of pyridine rings is 1. The fraction of sp³-hybridized carbons (Fsp3) is 0.667. The smallest absolute Gasteiger partial charge is 0.128 e. The van der Waals surface area contributed by atoms with Crippen molar-refractivity contribution in [2.24, 2.45) is 0 Å². The van der Waals surface area contributed by atoms with Gasteiger partial charge >= 0.3 is 0 Å². The van der Waals surface area contributed by atoms with E-state index in [-0.39, 0.29) is 0 Å². The largest absolute Gasteiger partial charge is 0.363 e. The topological polar surface area (TPSA) is 19.4 Å². The molecule has 0 aliphatic carbocycles. The summed E-state index contributed by atoms with van der Waals surface area (Å²) < 4.78 is 0. The number of aryl methyl sites for hydroxylation is 1. The highest BCUT2D eigenvalue weighted by atomic mass is 15.2. The lowest BCUT2D eigenvalue weighted by atomic mass is 10.0. The molecule has 0 spiro atoms. The minimum absolute atomic E-state index is 0.564. The predicted molar refractivity (Wildman–Crippen MR) is 77.1 cm³/mol. The zero-order valence-electron chi connectivity index (χ0n) is 12.3. The number of likely N-dealkylation sites (tertiary alicyclic amines) is 1. The van der Waals surface area contributed by atoms with Crippen LogP contribution < -0.4 is 4.90 Å². The zero-order valence-corrected chi connectivity index (χ0v) is 12.3. The first-order valence-corrected chi connectivity index (χ1v) is 6.90. The summed E-state index contributed by atoms with van der Waals surface area (Å²) in [6, 6.07) is 3.38. The molecular formula is C15H25N3. The third kappa shape index (κ3) is 2.51. The van der Waals surface area contributed by atoms with Crippen LogP contribution in [0.2, 0.25) is 0 Å². The summed E-state index contributed by atoms with van der Waals surface area (Å²) in [4.78, 5) is 9.23. The number of rotatable bonds is 3. The van der Waals surface area contributed by atoms with Crippen molar-refractivity contribution in [2.75, 3.05) is 25.5 Å². The molecule has 0 radical (unpaired) electrons. The van der Waals surface area contributed by atoms with Crippen LogP contribution in [0.15, 0.2) is 12.3 Å². The van der Waals surface area contributed by atoms with Gasteiger partial charge in [-0.3, -0.25) is 4.90 Å². The number of anilines is 1. The molecule has 2 heterocycles. The van der Waals surface area contributed by atoms with Crippen molar-refractivity contribution < 1.29 is 0 Å². The molecule has 3 nitrogen and oxygen atoms in total. The van der Waals surface area contributed by atoms with Crippen LogP contribution in [0.1, 0.15) is 43.9 Å². The van der Waals surface area contributed by atoms with Crippen LogP contribution >= 0.6 is 0 Å². The van der Waals surface area contributed by atoms with E-state index in [1.807, 2.05) is 14.1 Å². The molecular weight excluding hydrogens is 222 g/mol. The monoisotopic (exact) mass is 247 g/mol. The highest BCUT2D eigenvalue weighted by molar-refractivity contribution is 5.43. The molecule has 1 aliphatic heterocycles. The molecule has 1 unspecified atom stereocenters. The summed E-state index contributed by atoms with van der Waals surface area (Å²) in [5.41, 5.74) is 2.78. The minimum atomic E-state index is 0.564. The van der Waals surface area contributed by atoms with Crippen LogP contribution in [0.3, 0.4) is 0 Å². The molecule has 1 aromatic heterocycles. The first kappa shape index (κ1) is 13.3. The standard InChI is InChI=1S/C15H25N3/c1-11(2)18-8-6-7-14(18)13-10-16-15(17(4)5)9-12(13)3/h9-11,14H,6-8H2,1-5H3. The van der Waals surface area contributed by atoms with Crippen molar-refractivity contribution in [3.05, 3.63) is 23.4 Å². The molecule has 1 atom stereocenters. The Morgan fingerprint density at radius 1 is 1.39 bits per heavy atom. The number of hydrogen-bond donors (Lipinski definition) is 0. The average molecular weight is 247 g/mol. The van der Waals surface area contributed by atoms with Gasteiger partial charge in [0, 0.05) is 32.4 Å². The van der Waals surface area contributed by atoms with Crippen molar-refractivity contribution >= 4 is 5.82 Å². The second kappa shape index (κ2) is 5.27. The molecule has 1 saturated heterocycles. The normalized spacial score (nSPS) is 20.7. The highest BCUT2D eigenvalue weighted by Crippen LogP contribution is 2.35. The van der Waals surface area contributed by atoms with Gasteiger partial charge < -0.3 is 4.90 Å². The van der Waals surface area contributed by atoms with Crippen molar-refractivity contribution in [3.63, 3.8) is 0 Å². The number of hydrogen-bond acceptors (Lipinski definition) is 3. The molecule has 3 heteroatoms. The van der Waals surface area contributed by atoms with Crippen LogP contribution in [0.25, 0.3) is 0 Å². The quantitative estimate of drug-likeness (QED) is 0.818. The van der Waals surface area contributed by atoms with Crippen molar-refractivity contribution in [2.45, 2.75) is 45.7 Å². The highest BCUT2D eigenvalue weighted by Gasteiger charge is 2.29. The van der Waals surface area contributed by atoms with E-state index in [9.17, 15) is 0 Å². The van der Waals surface area contributed by atoms with Gasteiger partial charge in [0.1, 0.15) is 5.82 Å². The van der Waals surface area contributed by atoms with E-state index in [2.05, 4.69) is 47.8 Å². The fourth-order valence-electron chi connectivity index (χ4n) is 2.89. The Hall–Kier alpha value is -1.09. The molecule has 0 aromatic carbocycles. The van der Waals surface area contributed by atoms with Crippen LogP contribution in [0.4, 0.5) is 5.82 Å². The summed E-state index contributed by atoms with van der Waals surface area (Å²) >= 11 is 0. The third-order valence-corrected chi connectivity index (χ3v) is 3.91. The summed E-state index contributed by atoms with van der Waals surface area (Å²) in [7, 11) is 4.08. The second-order valence-electron chi connectivity index (χ2n) is 5.78. The maximum Gasteiger partial charge on any atom is 0.128 e. The fourth-order valence-corrected chi connectivity index (χ4v) is 2.89. The summed E-state index contributed by atoms with van der Waals surface area (Å²) in [5, 5.41) is 0. The predicted octanol–water partition coefficient (Wildman–Crippen LogP) is 3.00. The van der Waals surface area contributed by atoms with Gasteiger partial charge in [0.15, 0.2) is 0 Å². The number of aromatic nitrogens is 1. The Balaban J connectivity index is 2.28. The Labute approximate surface area is 111 Å². The van der Waals surface area contributed by atoms with Gasteiger partial charge in [-0.05, 0) is 57.4 Å². The molecule has 1 aliphatic rings. The van der Waals surface area contributed by atoms with Crippen molar-refractivity contribution in [1.29, 1.82) is 0 Å². The van der Waals surface area contributed by atoms with Gasteiger partial charge in [0.05, 0.1) is 0 Å². The SMILES string of the molecule is Cc1cc(N(C)C)ncc1C1CCCN1C(C)C. The Morgan fingerprint density at radius 3 is 2.67 bits per heavy atom. The summed E-state index contributed by atoms with van der Waals surface area (Å²) in [6.45, 7) is 8.00. The lowest BCUT2D eigenvalue weighted by Gasteiger charge is -2.29. The van der Waals surface area contributed by atoms with Gasteiger partial charge in [-0.1, -0.05) is 0 Å². The first-order valence-electron chi connectivity index (χ1n) is 6.90. The summed E-state index contributed by atoms with van der Waals surface area (Å²) in [5.74, 6) is 1.05. The molecule has 100 valence electrons. The maximum atomic E-state index is 4.58. The van der Waals surface area contributed by atoms with Gasteiger partial charge in [-0.15, -0.1) is 0 Å². The maximum absolute atomic E-state index is 4.58. The Kier molecular flexibility index (Phi) is 3.91.